The molecule has 1 aromatic rings. The fraction of sp³-hybridized carbons (Fsp3) is 0.368. The predicted molar refractivity (Wildman–Crippen MR) is 108 cm³/mol. The first-order valence-corrected chi connectivity index (χ1v) is 9.02. The summed E-state index contributed by atoms with van der Waals surface area (Å²) in [7, 11) is 0. The third kappa shape index (κ3) is 5.28. The van der Waals surface area contributed by atoms with Gasteiger partial charge in [0.15, 0.2) is 0 Å². The van der Waals surface area contributed by atoms with E-state index in [1.54, 1.807) is 0 Å². The van der Waals surface area contributed by atoms with Gasteiger partial charge in [0.2, 0.25) is 5.91 Å². The van der Waals surface area contributed by atoms with Crippen LogP contribution in [0.1, 0.15) is 32.3 Å². The maximum absolute atomic E-state index is 11.6. The maximum Gasteiger partial charge on any atom is 0.248 e. The largest absolute Gasteiger partial charge is 0.384 e. The monoisotopic (exact) mass is 373 g/mol. The minimum absolute atomic E-state index is 0.186. The minimum atomic E-state index is -0.633. The number of allylic oxidation sites excluding steroid dienone is 1. The van der Waals surface area contributed by atoms with Crippen molar-refractivity contribution in [2.45, 2.75) is 26.7 Å². The molecule has 0 aliphatic carbocycles. The van der Waals surface area contributed by atoms with Crippen LogP contribution in [0, 0.1) is 11.3 Å². The standard InChI is InChI=1S/C13H12N4OS.C6H15N/c14-6-8-9(7-4-2-1-3-5-7)10(12(16)18)13(19)17-11(8)15;1-4-7(5-2)6-3/h1-5,9,17,19H,15H2,(H2,16,18);4-6H2,1-3H3. The van der Waals surface area contributed by atoms with E-state index in [1.165, 1.54) is 19.6 Å². The van der Waals surface area contributed by atoms with Crippen molar-refractivity contribution < 1.29 is 4.79 Å². The molecule has 0 radical (unpaired) electrons. The number of nitrogens with one attached hydrogen (secondary N) is 1. The highest BCUT2D eigenvalue weighted by atomic mass is 32.1. The van der Waals surface area contributed by atoms with E-state index in [0.29, 0.717) is 0 Å². The number of nitrogens with two attached hydrogens (primary N) is 2. The maximum atomic E-state index is 11.6. The zero-order valence-electron chi connectivity index (χ0n) is 15.5. The van der Waals surface area contributed by atoms with E-state index in [-0.39, 0.29) is 22.0 Å². The molecule has 1 aliphatic rings. The second kappa shape index (κ2) is 10.5. The van der Waals surface area contributed by atoms with Crippen LogP contribution >= 0.6 is 12.6 Å². The SMILES string of the molecule is CCN(CC)CC.N#CC1=C(N)NC(S)=C(C(N)=O)C1c1ccccc1. The molecule has 1 aliphatic heterocycles. The highest BCUT2D eigenvalue weighted by molar-refractivity contribution is 7.84. The molecule has 1 heterocycles. The average molecular weight is 374 g/mol. The lowest BCUT2D eigenvalue weighted by Gasteiger charge is -2.26. The van der Waals surface area contributed by atoms with Crippen molar-refractivity contribution in [3.63, 3.8) is 0 Å². The van der Waals surface area contributed by atoms with Crippen molar-refractivity contribution in [3.05, 3.63) is 57.9 Å². The molecule has 6 nitrogen and oxygen atoms in total. The Hall–Kier alpha value is -2.43. The van der Waals surface area contributed by atoms with Gasteiger partial charge in [0.25, 0.3) is 0 Å². The molecule has 0 bridgehead atoms. The van der Waals surface area contributed by atoms with Gasteiger partial charge < -0.3 is 21.7 Å². The summed E-state index contributed by atoms with van der Waals surface area (Å²) in [5.41, 5.74) is 12.4. The molecule has 2 rings (SSSR count). The van der Waals surface area contributed by atoms with Crippen molar-refractivity contribution in [1.82, 2.24) is 10.2 Å². The molecule has 0 fully saturated rings. The molecule has 0 spiro atoms. The molecule has 140 valence electrons. The molecule has 1 unspecified atom stereocenters. The van der Waals surface area contributed by atoms with Crippen LogP contribution in [0.25, 0.3) is 0 Å². The van der Waals surface area contributed by atoms with Crippen LogP contribution in [0.2, 0.25) is 0 Å². The molecule has 26 heavy (non-hydrogen) atoms. The molecule has 1 amide bonds. The number of carbonyl (C=O) groups excluding carboxylic acids is 1. The Bertz CT molecular complexity index is 712. The molecule has 5 N–H and O–H groups in total. The number of primary amides is 1. The van der Waals surface area contributed by atoms with E-state index in [9.17, 15) is 10.1 Å². The summed E-state index contributed by atoms with van der Waals surface area (Å²) >= 11 is 4.19. The first-order chi connectivity index (χ1) is 12.4. The lowest BCUT2D eigenvalue weighted by Crippen LogP contribution is -2.33. The van der Waals surface area contributed by atoms with E-state index in [4.69, 9.17) is 11.5 Å². The lowest BCUT2D eigenvalue weighted by atomic mass is 9.83. The van der Waals surface area contributed by atoms with Gasteiger partial charge in [-0.05, 0) is 25.2 Å². The Labute approximate surface area is 160 Å². The Morgan fingerprint density at radius 3 is 2.15 bits per heavy atom. The van der Waals surface area contributed by atoms with Crippen LogP contribution in [0.3, 0.4) is 0 Å². The number of carbonyl (C=O) groups is 1. The third-order valence-electron chi connectivity index (χ3n) is 4.24. The topological polar surface area (TPSA) is 108 Å². The van der Waals surface area contributed by atoms with Gasteiger partial charge in [-0.25, -0.2) is 0 Å². The quantitative estimate of drug-likeness (QED) is 0.591. The van der Waals surface area contributed by atoms with Crippen molar-refractivity contribution in [1.29, 1.82) is 5.26 Å². The number of thiol groups is 1. The number of rotatable bonds is 5. The molecule has 7 heteroatoms. The number of hydrogen-bond acceptors (Lipinski definition) is 6. The minimum Gasteiger partial charge on any atom is -0.384 e. The van der Waals surface area contributed by atoms with Gasteiger partial charge in [0.05, 0.1) is 28.2 Å². The van der Waals surface area contributed by atoms with Gasteiger partial charge in [0.1, 0.15) is 5.82 Å². The Kier molecular flexibility index (Phi) is 8.76. The van der Waals surface area contributed by atoms with Crippen LogP contribution < -0.4 is 16.8 Å². The van der Waals surface area contributed by atoms with E-state index in [0.717, 1.165) is 5.56 Å². The van der Waals surface area contributed by atoms with Crippen LogP contribution in [0.4, 0.5) is 0 Å². The number of benzene rings is 1. The average Bonchev–Trinajstić information content (AvgIpc) is 2.63. The van der Waals surface area contributed by atoms with Gasteiger partial charge in [-0.2, -0.15) is 5.26 Å². The highest BCUT2D eigenvalue weighted by Gasteiger charge is 2.32. The van der Waals surface area contributed by atoms with E-state index in [2.05, 4.69) is 43.6 Å². The Balaban J connectivity index is 0.000000412. The Morgan fingerprint density at radius 1 is 1.23 bits per heavy atom. The number of nitriles is 1. The highest BCUT2D eigenvalue weighted by Crippen LogP contribution is 2.37. The van der Waals surface area contributed by atoms with E-state index in [1.807, 2.05) is 36.4 Å². The van der Waals surface area contributed by atoms with Crippen LogP contribution in [0.5, 0.6) is 0 Å². The van der Waals surface area contributed by atoms with Gasteiger partial charge >= 0.3 is 0 Å². The summed E-state index contributed by atoms with van der Waals surface area (Å²) in [4.78, 5) is 14.0. The van der Waals surface area contributed by atoms with Gasteiger partial charge in [0, 0.05) is 0 Å². The van der Waals surface area contributed by atoms with E-state index >= 15 is 0 Å². The second-order valence-corrected chi connectivity index (χ2v) is 6.10. The molecule has 0 aromatic heterocycles. The zero-order chi connectivity index (χ0) is 19.7. The summed E-state index contributed by atoms with van der Waals surface area (Å²) in [6.07, 6.45) is 0. The number of nitrogens with zero attached hydrogens (tertiary/aromatic N) is 2. The summed E-state index contributed by atoms with van der Waals surface area (Å²) in [5, 5.41) is 12.2. The predicted octanol–water partition coefficient (Wildman–Crippen LogP) is 2.04. The smallest absolute Gasteiger partial charge is 0.248 e. The Morgan fingerprint density at radius 2 is 1.77 bits per heavy atom. The first-order valence-electron chi connectivity index (χ1n) is 8.58. The van der Waals surface area contributed by atoms with Crippen LogP contribution in [-0.2, 0) is 4.79 Å². The summed E-state index contributed by atoms with van der Waals surface area (Å²) in [5.74, 6) is -1.03. The van der Waals surface area contributed by atoms with Crippen molar-refractivity contribution >= 4 is 18.5 Å². The summed E-state index contributed by atoms with van der Waals surface area (Å²) in [6, 6.07) is 11.1. The fourth-order valence-corrected chi connectivity index (χ4v) is 3.09. The molecule has 1 atom stereocenters. The van der Waals surface area contributed by atoms with Crippen molar-refractivity contribution in [3.8, 4) is 6.07 Å². The van der Waals surface area contributed by atoms with Gasteiger partial charge in [-0.15, -0.1) is 12.6 Å². The van der Waals surface area contributed by atoms with Gasteiger partial charge in [-0.3, -0.25) is 4.79 Å². The van der Waals surface area contributed by atoms with Crippen molar-refractivity contribution in [2.24, 2.45) is 11.5 Å². The number of amides is 1. The van der Waals surface area contributed by atoms with E-state index < -0.39 is 11.8 Å². The second-order valence-electron chi connectivity index (χ2n) is 5.65. The van der Waals surface area contributed by atoms with Crippen LogP contribution in [0.15, 0.2) is 52.3 Å². The van der Waals surface area contributed by atoms with Gasteiger partial charge in [-0.1, -0.05) is 51.1 Å². The lowest BCUT2D eigenvalue weighted by molar-refractivity contribution is -0.114. The molecule has 1 aromatic carbocycles. The van der Waals surface area contributed by atoms with Crippen molar-refractivity contribution in [2.75, 3.05) is 19.6 Å². The van der Waals surface area contributed by atoms with Crippen LogP contribution in [-0.4, -0.2) is 30.4 Å². The zero-order valence-corrected chi connectivity index (χ0v) is 16.4. The summed E-state index contributed by atoms with van der Waals surface area (Å²) in [6.45, 7) is 10.1. The molecular weight excluding hydrogens is 346 g/mol. The normalized spacial score (nSPS) is 16.5. The fourth-order valence-electron chi connectivity index (χ4n) is 2.73. The molecule has 0 saturated carbocycles. The molecule has 0 saturated heterocycles. The summed E-state index contributed by atoms with van der Waals surface area (Å²) < 4.78 is 0. The first kappa shape index (κ1) is 21.6. The third-order valence-corrected chi connectivity index (χ3v) is 4.59. The number of dihydropyridines is 1. The number of hydrogen-bond donors (Lipinski definition) is 4. The molecular formula is C19H27N5OS.